The van der Waals surface area contributed by atoms with Crippen LogP contribution in [0.3, 0.4) is 0 Å². The number of halogens is 4. The standard InChI is InChI=1S/C8H17N3O.C8H16N2.C7H13F3N2.C7H15FN2.C7H14N2.4C7H16N2.C6H12N2O.C6H12N2.3C6H14N2.C5H12N2.9CH4/c1-11-4-3-7(5-9)8(6-11)10-12-2;1-8-3-7(9)6(8)4-10(2)5-8;1-12-3-5(2-11)6(4-12)7(8,9)10;1-10-3-2-7(4-8,5-9)6-10;1-9-4-6(8)7(5-9)2-3-7;1-6-4-9(3)5-7(2)8-6;1-7-6-8(2)4-5-9(7)3;1-8-7-4-3-5-9(2)6-7;1-3-9-6-4-8(2)5-7-9;1-8-4-2-6(7-9)3-5-8;1-8-2-4-5(3-8)6(4)7;1-7-3-5-8(2)6-4-7;1-6-5-8(2)4-3-7-6;1-8-4-2-6(7)3-5-8;1-7-4-2-6-3-5-7;;;;;;;;;/h7H,3-6,9H2,1-2H3;6-7H,3-5,9H2,1-2H3;5-6H,2-4,11H2,1H3;2-6,9H2,1H3;6H,2-5,8H2,1H3;6-8H,4-5H2,1-3H3;7H,4-6H2,1-3H3;7-8H,3-6H2,1-2H3;3-7H2,1-2H3;9H,2-5H2,1H3;4-6H,2-3,7H2,1H3;3-6H2,1-2H3;6-7H,3-5H2,1-2H3;6H,2-5,7H2,1H3;6H,2-5H2,1H3;9*1H4/b10-8-;;;;;;;;;;;;;;;;;;;;;;;/t;6-,7-,8-;5-,6-;7-;6-;;;;;;4-,5+,6?;;;;;;;;;;;;;/m.0011.................../s1. The highest BCUT2D eigenvalue weighted by molar-refractivity contribution is 5.89. The molecule has 15 saturated heterocycles. The van der Waals surface area contributed by atoms with Crippen LogP contribution in [0.1, 0.15) is 179 Å². The summed E-state index contributed by atoms with van der Waals surface area (Å²) in [5, 5.41) is 28.9. The van der Waals surface area contributed by atoms with Crippen LogP contribution in [0.25, 0.3) is 0 Å². The molecule has 0 radical (unpaired) electrons. The van der Waals surface area contributed by atoms with Gasteiger partial charge < -0.3 is 160 Å². The number of piperidine rings is 5. The van der Waals surface area contributed by atoms with Crippen LogP contribution < -0.4 is 61.4 Å². The summed E-state index contributed by atoms with van der Waals surface area (Å²) in [6.45, 7) is 58.6. The van der Waals surface area contributed by atoms with E-state index < -0.39 is 18.0 Å². The number of likely N-dealkylation sites (tertiary alicyclic amines) is 9. The van der Waals surface area contributed by atoms with E-state index in [-0.39, 0.29) is 92.0 Å². The molecule has 146 heavy (non-hydrogen) atoms. The highest BCUT2D eigenvalue weighted by atomic mass is 19.4. The Kier molecular flexibility index (Phi) is 85.7. The quantitative estimate of drug-likeness (QED) is 0.0673. The van der Waals surface area contributed by atoms with Gasteiger partial charge in [-0.1, -0.05) is 91.0 Å². The fraction of sp³-hybridized carbons (Fsp3) is 0.982. The molecule has 0 aromatic carbocycles. The van der Waals surface area contributed by atoms with Gasteiger partial charge in [0.05, 0.1) is 24.0 Å². The van der Waals surface area contributed by atoms with Gasteiger partial charge in [-0.3, -0.25) is 4.39 Å². The van der Waals surface area contributed by atoms with Crippen molar-refractivity contribution in [2.75, 3.05) is 416 Å². The first-order chi connectivity index (χ1) is 64.7. The Morgan fingerprint density at radius 2 is 0.945 bits per heavy atom. The Labute approximate surface area is 901 Å². The predicted molar refractivity (Wildman–Crippen MR) is 629 cm³/mol. The van der Waals surface area contributed by atoms with Gasteiger partial charge in [0.2, 0.25) is 0 Å². The molecule has 7 unspecified atom stereocenters. The number of fused-ring (bicyclic) bond motifs is 2. The molecule has 33 nitrogen and oxygen atoms in total. The summed E-state index contributed by atoms with van der Waals surface area (Å²) >= 11 is 0. The van der Waals surface area contributed by atoms with Crippen LogP contribution in [0.2, 0.25) is 0 Å². The first kappa shape index (κ1) is 154. The largest absolute Gasteiger partial charge is 0.411 e. The van der Waals surface area contributed by atoms with Crippen molar-refractivity contribution in [3.63, 3.8) is 0 Å². The Morgan fingerprint density at radius 1 is 0.473 bits per heavy atom. The van der Waals surface area contributed by atoms with Crippen molar-refractivity contribution < 1.29 is 27.6 Å². The zero-order valence-corrected chi connectivity index (χ0v) is 92.2. The van der Waals surface area contributed by atoms with Crippen LogP contribution in [0, 0.1) is 51.8 Å². The molecule has 18 rings (SSSR count). The van der Waals surface area contributed by atoms with E-state index in [1.807, 2.05) is 14.1 Å². The van der Waals surface area contributed by atoms with E-state index in [2.05, 4.69) is 262 Å². The maximum Gasteiger partial charge on any atom is 0.393 e. The van der Waals surface area contributed by atoms with E-state index in [9.17, 15) is 17.6 Å². The smallest absolute Gasteiger partial charge is 0.393 e. The minimum Gasteiger partial charge on any atom is -0.411 e. The monoisotopic (exact) mass is 2110 g/mol. The molecule has 16 atom stereocenters. The van der Waals surface area contributed by atoms with Crippen LogP contribution >= 0.6 is 0 Å². The maximum absolute atomic E-state index is 12.4. The topological polar surface area (TPSA) is 343 Å². The van der Waals surface area contributed by atoms with Crippen molar-refractivity contribution >= 4 is 11.4 Å². The number of nitrogens with two attached hydrogens (primary N) is 7. The molecule has 15 heterocycles. The number of oxime groups is 2. The van der Waals surface area contributed by atoms with E-state index >= 15 is 0 Å². The van der Waals surface area contributed by atoms with E-state index in [4.69, 9.17) is 50.2 Å². The maximum atomic E-state index is 12.4. The fourth-order valence-electron chi connectivity index (χ4n) is 21.4. The van der Waals surface area contributed by atoms with E-state index in [1.54, 1.807) is 19.1 Å². The third kappa shape index (κ3) is 61.3. The van der Waals surface area contributed by atoms with Crippen LogP contribution in [0.5, 0.6) is 0 Å². The molecule has 0 bridgehead atoms. The third-order valence-electron chi connectivity index (χ3n) is 31.5. The molecule has 1 spiro atoms. The number of nitrogens with zero attached hydrogens (tertiary/aromatic N) is 20. The second kappa shape index (κ2) is 81.2. The van der Waals surface area contributed by atoms with Crippen LogP contribution in [0.15, 0.2) is 10.3 Å². The second-order valence-corrected chi connectivity index (χ2v) is 45.3. The number of rotatable bonds is 7. The van der Waals surface area contributed by atoms with Gasteiger partial charge in [0, 0.05) is 308 Å². The predicted octanol–water partition coefficient (Wildman–Crippen LogP) is 7.36. The highest BCUT2D eigenvalue weighted by Crippen LogP contribution is 2.52. The SMILES string of the molecule is C.C.C.C.C.C.C.C.C.CC1CN(C)CC(C)N1.CC1CN(C)CCN1.CC1CN(C)CCN1C.CCN1CCN(C)CC1.CN1CCC(=NO)CC1.CN1CCC(N)CC1.CN1CCN(C)CC1.CN1CCNCC1.CN1CC[C@](CN)(CF)C1.CN1C[C@@H](N)C2(CC2)C1.CN1C[C@@H]2C(N)[C@@H]2C1.CN1C[C@H](CN)[C@@H](C(F)(F)F)C1.CN1C[C@H]2[C@@H](N)C[C@@]2(C)C1.CNC1CCCN(C)C1.CO/N=C1/CN(C)CCC1CN. The zero-order chi connectivity index (χ0) is 102. The van der Waals surface area contributed by atoms with Crippen molar-refractivity contribution in [1.82, 2.24) is 109 Å². The van der Waals surface area contributed by atoms with Crippen molar-refractivity contribution in [2.24, 2.45) is 102 Å². The molecule has 3 aliphatic carbocycles. The van der Waals surface area contributed by atoms with Crippen molar-refractivity contribution in [2.45, 2.75) is 240 Å². The molecule has 3 saturated carbocycles. The third-order valence-corrected chi connectivity index (χ3v) is 31.5. The van der Waals surface area contributed by atoms with Gasteiger partial charge in [-0.2, -0.15) is 13.2 Å². The summed E-state index contributed by atoms with van der Waals surface area (Å²) < 4.78 is 49.3. The Bertz CT molecular complexity index is 3000. The van der Waals surface area contributed by atoms with Gasteiger partial charge in [0.15, 0.2) is 0 Å². The highest BCUT2D eigenvalue weighted by Gasteiger charge is 2.55. The molecule has 18 fully saturated rings. The van der Waals surface area contributed by atoms with E-state index in [1.165, 1.54) is 222 Å². The number of alkyl halides is 4. The molecular formula is C109H253F4N31O2. The van der Waals surface area contributed by atoms with Crippen molar-refractivity contribution in [1.29, 1.82) is 0 Å². The molecule has 0 amide bonds. The van der Waals surface area contributed by atoms with Crippen LogP contribution in [0.4, 0.5) is 17.6 Å². The van der Waals surface area contributed by atoms with E-state index in [0.29, 0.717) is 78.7 Å². The molecule has 0 aromatic rings. The normalized spacial score (nSPS) is 31.8. The summed E-state index contributed by atoms with van der Waals surface area (Å²) in [5.41, 5.74) is 42.5. The molecular weight excluding hydrogens is 1850 g/mol. The minimum absolute atomic E-state index is 0. The Balaban J connectivity index is -0.000000359. The summed E-state index contributed by atoms with van der Waals surface area (Å²) in [6.07, 6.45) is 8.80. The van der Waals surface area contributed by atoms with E-state index in [0.717, 1.165) is 132 Å². The molecule has 884 valence electrons. The van der Waals surface area contributed by atoms with Crippen LogP contribution in [-0.2, 0) is 4.84 Å². The molecule has 15 aliphatic heterocycles. The van der Waals surface area contributed by atoms with Gasteiger partial charge in [0.25, 0.3) is 0 Å². The van der Waals surface area contributed by atoms with Gasteiger partial charge in [-0.15, -0.1) is 0 Å². The van der Waals surface area contributed by atoms with Gasteiger partial charge in [0.1, 0.15) is 7.11 Å². The lowest BCUT2D eigenvalue weighted by Crippen LogP contribution is -2.53. The summed E-state index contributed by atoms with van der Waals surface area (Å²) in [5.74, 6) is 1.28. The number of nitrogens with one attached hydrogen (secondary N) is 4. The first-order valence-corrected chi connectivity index (χ1v) is 53.0. The first-order valence-electron chi connectivity index (χ1n) is 53.0. The summed E-state index contributed by atoms with van der Waals surface area (Å²) in [4.78, 5) is 46.3. The van der Waals surface area contributed by atoms with Gasteiger partial charge in [-0.05, 0) is 293 Å². The van der Waals surface area contributed by atoms with Crippen LogP contribution in [-0.4, -0.2) is 581 Å². The average molecular weight is 2110 g/mol. The molecule has 37 heteroatoms. The average Bonchev–Trinajstić information content (AvgIpc) is 1.63. The lowest BCUT2D eigenvalue weighted by atomic mass is 9.60. The Hall–Kier alpha value is -2.50. The summed E-state index contributed by atoms with van der Waals surface area (Å²) in [6, 6.07) is 5.51. The lowest BCUT2D eigenvalue weighted by Gasteiger charge is -2.46. The molecule has 0 aromatic heterocycles. The second-order valence-electron chi connectivity index (χ2n) is 45.3. The fourth-order valence-corrected chi connectivity index (χ4v) is 21.4. The van der Waals surface area contributed by atoms with Crippen molar-refractivity contribution in [3.05, 3.63) is 0 Å². The van der Waals surface area contributed by atoms with Gasteiger partial charge in [-0.25, -0.2) is 0 Å². The number of hydrogen-bond donors (Lipinski definition) is 12. The minimum atomic E-state index is -4.09. The van der Waals surface area contributed by atoms with Crippen molar-refractivity contribution in [3.8, 4) is 0 Å². The number of likely N-dealkylation sites (N-methyl/N-ethyl adjacent to an activating group) is 12. The number of piperazine rings is 6. The number of hydrogen-bond acceptors (Lipinski definition) is 33. The molecule has 18 aliphatic rings. The Morgan fingerprint density at radius 3 is 1.29 bits per heavy atom. The molecule has 19 N–H and O–H groups in total. The summed E-state index contributed by atoms with van der Waals surface area (Å²) in [7, 11) is 39.7. The zero-order valence-electron chi connectivity index (χ0n) is 92.2. The lowest BCUT2D eigenvalue weighted by molar-refractivity contribution is -0.179. The van der Waals surface area contributed by atoms with Gasteiger partial charge >= 0.3 is 6.18 Å².